The molecule has 0 bridgehead atoms. The highest BCUT2D eigenvalue weighted by Crippen LogP contribution is 2.42. The first-order valence-corrected chi connectivity index (χ1v) is 8.68. The number of amides is 2. The largest absolute Gasteiger partial charge is 0.340 e. The molecule has 1 spiro atoms. The van der Waals surface area contributed by atoms with Crippen LogP contribution in [-0.4, -0.2) is 33.8 Å². The third kappa shape index (κ3) is 2.27. The fourth-order valence-corrected chi connectivity index (χ4v) is 4.72. The van der Waals surface area contributed by atoms with Gasteiger partial charge in [0.15, 0.2) is 0 Å². The molecule has 3 aliphatic rings. The van der Waals surface area contributed by atoms with Gasteiger partial charge >= 0.3 is 0 Å². The zero-order chi connectivity index (χ0) is 15.1. The molecule has 21 heavy (non-hydrogen) atoms. The fraction of sp³-hybridized carbons (Fsp3) is 0.882. The Labute approximate surface area is 127 Å². The fourth-order valence-electron chi connectivity index (χ4n) is 4.72. The quantitative estimate of drug-likeness (QED) is 0.851. The standard InChI is InChI=1S/C17H28N2O2/c1-3-13-14(20)18-17(11-5-4-6-12-17)15(21)19(13)16(2)9-7-8-10-16/h13H,3-12H2,1-2H3,(H,18,20). The van der Waals surface area contributed by atoms with Crippen LogP contribution < -0.4 is 5.32 Å². The van der Waals surface area contributed by atoms with Crippen LogP contribution in [0.2, 0.25) is 0 Å². The van der Waals surface area contributed by atoms with Gasteiger partial charge in [0.25, 0.3) is 0 Å². The maximum Gasteiger partial charge on any atom is 0.249 e. The van der Waals surface area contributed by atoms with Gasteiger partial charge in [0, 0.05) is 5.54 Å². The van der Waals surface area contributed by atoms with E-state index in [1.54, 1.807) is 0 Å². The van der Waals surface area contributed by atoms with Crippen molar-refractivity contribution >= 4 is 11.8 Å². The summed E-state index contributed by atoms with van der Waals surface area (Å²) in [5.41, 5.74) is -0.702. The molecule has 1 N–H and O–H groups in total. The van der Waals surface area contributed by atoms with Gasteiger partial charge < -0.3 is 10.2 Å². The number of carbonyl (C=O) groups excluding carboxylic acids is 2. The molecule has 4 heteroatoms. The predicted octanol–water partition coefficient (Wildman–Crippen LogP) is 2.76. The van der Waals surface area contributed by atoms with Crippen LogP contribution in [0.1, 0.15) is 78.1 Å². The molecule has 3 fully saturated rings. The molecular weight excluding hydrogens is 264 g/mol. The van der Waals surface area contributed by atoms with Gasteiger partial charge in [-0.15, -0.1) is 0 Å². The minimum atomic E-state index is -0.591. The maximum absolute atomic E-state index is 13.3. The van der Waals surface area contributed by atoms with E-state index in [9.17, 15) is 9.59 Å². The molecule has 4 nitrogen and oxygen atoms in total. The third-order valence-electron chi connectivity index (χ3n) is 5.96. The molecule has 2 amide bonds. The lowest BCUT2D eigenvalue weighted by Gasteiger charge is -2.53. The molecule has 1 saturated heterocycles. The second-order valence-corrected chi connectivity index (χ2v) is 7.44. The van der Waals surface area contributed by atoms with Gasteiger partial charge in [0.2, 0.25) is 11.8 Å². The average molecular weight is 292 g/mol. The highest BCUT2D eigenvalue weighted by atomic mass is 16.2. The van der Waals surface area contributed by atoms with Gasteiger partial charge in [-0.05, 0) is 39.0 Å². The van der Waals surface area contributed by atoms with Crippen LogP contribution in [0.3, 0.4) is 0 Å². The molecule has 0 aromatic rings. The summed E-state index contributed by atoms with van der Waals surface area (Å²) in [5, 5.41) is 3.12. The molecule has 1 aliphatic heterocycles. The van der Waals surface area contributed by atoms with Crippen LogP contribution in [0.4, 0.5) is 0 Å². The lowest BCUT2D eigenvalue weighted by molar-refractivity contribution is -0.164. The molecule has 0 aromatic heterocycles. The SMILES string of the molecule is CCC1C(=O)NC2(CCCCC2)C(=O)N1C1(C)CCCC1. The van der Waals surface area contributed by atoms with Crippen LogP contribution >= 0.6 is 0 Å². The summed E-state index contributed by atoms with van der Waals surface area (Å²) in [6.07, 6.45) is 10.1. The molecule has 1 unspecified atom stereocenters. The highest BCUT2D eigenvalue weighted by Gasteiger charge is 2.55. The van der Waals surface area contributed by atoms with Gasteiger partial charge in [-0.25, -0.2) is 0 Å². The van der Waals surface area contributed by atoms with Crippen molar-refractivity contribution in [2.75, 3.05) is 0 Å². The van der Waals surface area contributed by atoms with Crippen molar-refractivity contribution in [1.82, 2.24) is 10.2 Å². The van der Waals surface area contributed by atoms with Gasteiger partial charge in [0.1, 0.15) is 11.6 Å². The molecule has 0 radical (unpaired) electrons. The minimum Gasteiger partial charge on any atom is -0.340 e. The summed E-state index contributed by atoms with van der Waals surface area (Å²) >= 11 is 0. The molecular formula is C17H28N2O2. The Morgan fingerprint density at radius 3 is 2.19 bits per heavy atom. The van der Waals surface area contributed by atoms with Crippen molar-refractivity contribution in [2.45, 2.75) is 95.2 Å². The Balaban J connectivity index is 1.96. The van der Waals surface area contributed by atoms with Gasteiger partial charge in [-0.3, -0.25) is 9.59 Å². The lowest BCUT2D eigenvalue weighted by Crippen LogP contribution is -2.74. The zero-order valence-electron chi connectivity index (χ0n) is 13.4. The lowest BCUT2D eigenvalue weighted by atomic mass is 9.76. The van der Waals surface area contributed by atoms with E-state index >= 15 is 0 Å². The van der Waals surface area contributed by atoms with Crippen LogP contribution in [0, 0.1) is 0 Å². The number of nitrogens with zero attached hydrogens (tertiary/aromatic N) is 1. The summed E-state index contributed by atoms with van der Waals surface area (Å²) in [6, 6.07) is -0.270. The van der Waals surface area contributed by atoms with Crippen molar-refractivity contribution in [3.8, 4) is 0 Å². The first-order valence-electron chi connectivity index (χ1n) is 8.68. The number of hydrogen-bond donors (Lipinski definition) is 1. The second-order valence-electron chi connectivity index (χ2n) is 7.44. The van der Waals surface area contributed by atoms with E-state index in [1.807, 2.05) is 11.8 Å². The molecule has 1 heterocycles. The summed E-state index contributed by atoms with van der Waals surface area (Å²) in [7, 11) is 0. The molecule has 2 aliphatic carbocycles. The first kappa shape index (κ1) is 14.9. The summed E-state index contributed by atoms with van der Waals surface area (Å²) in [6.45, 7) is 4.21. The molecule has 118 valence electrons. The van der Waals surface area contributed by atoms with Gasteiger partial charge in [-0.1, -0.05) is 39.0 Å². The molecule has 3 rings (SSSR count). The highest BCUT2D eigenvalue weighted by molar-refractivity contribution is 6.00. The summed E-state index contributed by atoms with van der Waals surface area (Å²) < 4.78 is 0. The van der Waals surface area contributed by atoms with Crippen LogP contribution in [0.5, 0.6) is 0 Å². The van der Waals surface area contributed by atoms with Gasteiger partial charge in [-0.2, -0.15) is 0 Å². The summed E-state index contributed by atoms with van der Waals surface area (Å²) in [4.78, 5) is 28.0. The van der Waals surface area contributed by atoms with Crippen LogP contribution in [-0.2, 0) is 9.59 Å². The Kier molecular flexibility index (Phi) is 3.74. The monoisotopic (exact) mass is 292 g/mol. The van der Waals surface area contributed by atoms with Crippen molar-refractivity contribution < 1.29 is 9.59 Å². The minimum absolute atomic E-state index is 0.0760. The zero-order valence-corrected chi connectivity index (χ0v) is 13.4. The summed E-state index contributed by atoms with van der Waals surface area (Å²) in [5.74, 6) is 0.283. The van der Waals surface area contributed by atoms with Crippen LogP contribution in [0.25, 0.3) is 0 Å². The van der Waals surface area contributed by atoms with E-state index in [1.165, 1.54) is 19.3 Å². The van der Waals surface area contributed by atoms with Crippen molar-refractivity contribution in [3.05, 3.63) is 0 Å². The van der Waals surface area contributed by atoms with E-state index in [2.05, 4.69) is 12.2 Å². The number of piperazine rings is 1. The van der Waals surface area contributed by atoms with Crippen molar-refractivity contribution in [2.24, 2.45) is 0 Å². The van der Waals surface area contributed by atoms with Gasteiger partial charge in [0.05, 0.1) is 0 Å². The van der Waals surface area contributed by atoms with E-state index in [4.69, 9.17) is 0 Å². The smallest absolute Gasteiger partial charge is 0.249 e. The number of carbonyl (C=O) groups is 2. The maximum atomic E-state index is 13.3. The topological polar surface area (TPSA) is 49.4 Å². The van der Waals surface area contributed by atoms with Crippen molar-refractivity contribution in [1.29, 1.82) is 0 Å². The van der Waals surface area contributed by atoms with E-state index in [0.717, 1.165) is 38.5 Å². The van der Waals surface area contributed by atoms with Crippen LogP contribution in [0.15, 0.2) is 0 Å². The number of rotatable bonds is 2. The normalized spacial score (nSPS) is 31.5. The number of hydrogen-bond acceptors (Lipinski definition) is 2. The third-order valence-corrected chi connectivity index (χ3v) is 5.96. The average Bonchev–Trinajstić information content (AvgIpc) is 2.91. The number of nitrogens with one attached hydrogen (secondary N) is 1. The van der Waals surface area contributed by atoms with Crippen molar-refractivity contribution in [3.63, 3.8) is 0 Å². The first-order chi connectivity index (χ1) is 10.0. The molecule has 0 aromatic carbocycles. The molecule has 2 saturated carbocycles. The predicted molar refractivity (Wildman–Crippen MR) is 81.8 cm³/mol. The second kappa shape index (κ2) is 5.29. The Morgan fingerprint density at radius 2 is 1.62 bits per heavy atom. The Morgan fingerprint density at radius 1 is 1.05 bits per heavy atom. The molecule has 1 atom stereocenters. The Bertz CT molecular complexity index is 434. The van der Waals surface area contributed by atoms with E-state index in [-0.39, 0.29) is 23.4 Å². The van der Waals surface area contributed by atoms with E-state index in [0.29, 0.717) is 6.42 Å². The Hall–Kier alpha value is -1.06. The van der Waals surface area contributed by atoms with E-state index < -0.39 is 5.54 Å².